The number of aromatic nitrogens is 2. The highest BCUT2D eigenvalue weighted by Crippen LogP contribution is 2.19. The summed E-state index contributed by atoms with van der Waals surface area (Å²) in [5.74, 6) is 2.81. The number of aryl methyl sites for hydroxylation is 3. The van der Waals surface area contributed by atoms with Crippen molar-refractivity contribution >= 4 is 5.96 Å². The van der Waals surface area contributed by atoms with Gasteiger partial charge in [-0.05, 0) is 32.9 Å². The van der Waals surface area contributed by atoms with Gasteiger partial charge in [0, 0.05) is 25.6 Å². The molecule has 7 heteroatoms. The number of guanidine groups is 1. The molecule has 0 aliphatic heterocycles. The molecule has 0 bridgehead atoms. The van der Waals surface area contributed by atoms with E-state index < -0.39 is 0 Å². The first-order chi connectivity index (χ1) is 13.0. The van der Waals surface area contributed by atoms with Crippen molar-refractivity contribution in [3.63, 3.8) is 0 Å². The van der Waals surface area contributed by atoms with Gasteiger partial charge in [-0.3, -0.25) is 4.99 Å². The quantitative estimate of drug-likeness (QED) is 0.514. The average Bonchev–Trinajstić information content (AvgIpc) is 3.25. The predicted octanol–water partition coefficient (Wildman–Crippen LogP) is 3.16. The van der Waals surface area contributed by atoms with Gasteiger partial charge < -0.3 is 19.5 Å². The molecular formula is C20H25N5O2. The Morgan fingerprint density at radius 3 is 2.52 bits per heavy atom. The van der Waals surface area contributed by atoms with E-state index in [1.807, 2.05) is 38.1 Å². The zero-order valence-electron chi connectivity index (χ0n) is 16.2. The minimum atomic E-state index is 0.482. The van der Waals surface area contributed by atoms with E-state index in [1.165, 1.54) is 5.56 Å². The molecule has 0 aliphatic carbocycles. The molecule has 2 heterocycles. The minimum absolute atomic E-state index is 0.482. The van der Waals surface area contributed by atoms with Crippen LogP contribution in [0.5, 0.6) is 0 Å². The van der Waals surface area contributed by atoms with Crippen LogP contribution in [0.1, 0.15) is 28.6 Å². The summed E-state index contributed by atoms with van der Waals surface area (Å²) in [5.41, 5.74) is 4.00. The summed E-state index contributed by atoms with van der Waals surface area (Å²) in [5, 5.41) is 6.44. The van der Waals surface area contributed by atoms with Gasteiger partial charge in [0.2, 0.25) is 11.8 Å². The molecule has 0 saturated heterocycles. The molecule has 2 N–H and O–H groups in total. The van der Waals surface area contributed by atoms with E-state index in [0.717, 1.165) is 29.1 Å². The Kier molecular flexibility index (Phi) is 5.90. The van der Waals surface area contributed by atoms with Crippen LogP contribution in [0, 0.1) is 20.8 Å². The molecule has 0 fully saturated rings. The molecule has 0 radical (unpaired) electrons. The Hall–Kier alpha value is -3.09. The normalized spacial score (nSPS) is 11.6. The van der Waals surface area contributed by atoms with Gasteiger partial charge >= 0.3 is 0 Å². The Morgan fingerprint density at radius 1 is 1.07 bits per heavy atom. The second-order valence-electron chi connectivity index (χ2n) is 6.36. The maximum atomic E-state index is 5.59. The molecular weight excluding hydrogens is 342 g/mol. The summed E-state index contributed by atoms with van der Waals surface area (Å²) in [6.07, 6.45) is 2.43. The van der Waals surface area contributed by atoms with E-state index >= 15 is 0 Å². The first-order valence-electron chi connectivity index (χ1n) is 8.94. The fourth-order valence-electron chi connectivity index (χ4n) is 2.55. The highest BCUT2D eigenvalue weighted by atomic mass is 16.4. The van der Waals surface area contributed by atoms with E-state index in [0.29, 0.717) is 30.8 Å². The summed E-state index contributed by atoms with van der Waals surface area (Å²) in [4.78, 5) is 13.1. The maximum absolute atomic E-state index is 5.59. The molecule has 3 aromatic rings. The lowest BCUT2D eigenvalue weighted by atomic mass is 10.1. The number of nitrogens with one attached hydrogen (secondary N) is 2. The maximum Gasteiger partial charge on any atom is 0.226 e. The van der Waals surface area contributed by atoms with Crippen molar-refractivity contribution in [3.8, 4) is 11.5 Å². The monoisotopic (exact) mass is 367 g/mol. The fourth-order valence-corrected chi connectivity index (χ4v) is 2.55. The van der Waals surface area contributed by atoms with Crippen molar-refractivity contribution in [1.29, 1.82) is 0 Å². The number of benzene rings is 1. The molecule has 3 rings (SSSR count). The van der Waals surface area contributed by atoms with Gasteiger partial charge in [-0.1, -0.05) is 17.7 Å². The predicted molar refractivity (Wildman–Crippen MR) is 105 cm³/mol. The second kappa shape index (κ2) is 8.53. The third-order valence-electron chi connectivity index (χ3n) is 4.23. The Bertz CT molecular complexity index is 889. The smallest absolute Gasteiger partial charge is 0.226 e. The van der Waals surface area contributed by atoms with Crippen molar-refractivity contribution in [2.45, 2.75) is 33.7 Å². The highest BCUT2D eigenvalue weighted by Gasteiger charge is 2.08. The van der Waals surface area contributed by atoms with Crippen LogP contribution < -0.4 is 10.6 Å². The van der Waals surface area contributed by atoms with E-state index in [1.54, 1.807) is 13.3 Å². The average molecular weight is 367 g/mol. The number of nitrogens with zero attached hydrogens (tertiary/aromatic N) is 3. The van der Waals surface area contributed by atoms with Crippen LogP contribution in [0.2, 0.25) is 0 Å². The Labute approximate surface area is 158 Å². The summed E-state index contributed by atoms with van der Waals surface area (Å²) < 4.78 is 11.1. The standard InChI is InChI=1S/C20H25N5O2/c1-13-5-7-16(8-6-13)19-25-17(12-26-19)9-10-22-20(21-4)23-11-18-24-14(2)15(3)27-18/h5-8,12H,9-11H2,1-4H3,(H2,21,22,23). The van der Waals surface area contributed by atoms with Gasteiger partial charge in [0.25, 0.3) is 0 Å². The third kappa shape index (κ3) is 4.97. The first-order valence-corrected chi connectivity index (χ1v) is 8.94. The van der Waals surface area contributed by atoms with Crippen LogP contribution >= 0.6 is 0 Å². The molecule has 0 amide bonds. The summed E-state index contributed by atoms with van der Waals surface area (Å²) in [6, 6.07) is 8.13. The topological polar surface area (TPSA) is 88.5 Å². The van der Waals surface area contributed by atoms with Crippen molar-refractivity contribution in [2.24, 2.45) is 4.99 Å². The zero-order chi connectivity index (χ0) is 19.2. The van der Waals surface area contributed by atoms with Crippen molar-refractivity contribution < 1.29 is 8.83 Å². The molecule has 0 atom stereocenters. The lowest BCUT2D eigenvalue weighted by molar-refractivity contribution is 0.463. The van der Waals surface area contributed by atoms with Gasteiger partial charge in [-0.25, -0.2) is 9.97 Å². The molecule has 0 spiro atoms. The van der Waals surface area contributed by atoms with Gasteiger partial charge in [0.05, 0.1) is 17.9 Å². The lowest BCUT2D eigenvalue weighted by Gasteiger charge is -2.09. The van der Waals surface area contributed by atoms with Gasteiger partial charge in [-0.15, -0.1) is 0 Å². The van der Waals surface area contributed by atoms with Crippen LogP contribution in [0.25, 0.3) is 11.5 Å². The first kappa shape index (κ1) is 18.7. The molecule has 0 saturated carbocycles. The van der Waals surface area contributed by atoms with Crippen LogP contribution in [-0.2, 0) is 13.0 Å². The van der Waals surface area contributed by atoms with Crippen molar-refractivity contribution in [1.82, 2.24) is 20.6 Å². The van der Waals surface area contributed by atoms with E-state index in [4.69, 9.17) is 8.83 Å². The highest BCUT2D eigenvalue weighted by molar-refractivity contribution is 5.79. The van der Waals surface area contributed by atoms with E-state index in [-0.39, 0.29) is 0 Å². The number of aliphatic imine (C=N–C) groups is 1. The van der Waals surface area contributed by atoms with Crippen molar-refractivity contribution in [3.05, 3.63) is 59.1 Å². The van der Waals surface area contributed by atoms with Gasteiger partial charge in [0.15, 0.2) is 5.96 Å². The number of rotatable bonds is 6. The fraction of sp³-hybridized carbons (Fsp3) is 0.350. The number of hydrogen-bond acceptors (Lipinski definition) is 5. The van der Waals surface area contributed by atoms with Crippen LogP contribution in [-0.4, -0.2) is 29.5 Å². The largest absolute Gasteiger partial charge is 0.444 e. The summed E-state index contributed by atoms with van der Waals surface area (Å²) >= 11 is 0. The molecule has 7 nitrogen and oxygen atoms in total. The molecule has 0 unspecified atom stereocenters. The molecule has 1 aromatic carbocycles. The molecule has 2 aromatic heterocycles. The van der Waals surface area contributed by atoms with Gasteiger partial charge in [0.1, 0.15) is 12.0 Å². The zero-order valence-corrected chi connectivity index (χ0v) is 16.2. The molecule has 142 valence electrons. The second-order valence-corrected chi connectivity index (χ2v) is 6.36. The molecule has 27 heavy (non-hydrogen) atoms. The van der Waals surface area contributed by atoms with Crippen molar-refractivity contribution in [2.75, 3.05) is 13.6 Å². The SMILES string of the molecule is CN=C(NCCc1coc(-c2ccc(C)cc2)n1)NCc1nc(C)c(C)o1. The molecule has 0 aliphatic rings. The lowest BCUT2D eigenvalue weighted by Crippen LogP contribution is -2.37. The van der Waals surface area contributed by atoms with Gasteiger partial charge in [-0.2, -0.15) is 0 Å². The summed E-state index contributed by atoms with van der Waals surface area (Å²) in [6.45, 7) is 7.06. The Balaban J connectivity index is 1.47. The third-order valence-corrected chi connectivity index (χ3v) is 4.23. The van der Waals surface area contributed by atoms with Crippen LogP contribution in [0.4, 0.5) is 0 Å². The summed E-state index contributed by atoms with van der Waals surface area (Å²) in [7, 11) is 1.73. The Morgan fingerprint density at radius 2 is 1.85 bits per heavy atom. The number of hydrogen-bond donors (Lipinski definition) is 2. The minimum Gasteiger partial charge on any atom is -0.444 e. The van der Waals surface area contributed by atoms with Crippen LogP contribution in [0.3, 0.4) is 0 Å². The van der Waals surface area contributed by atoms with E-state index in [9.17, 15) is 0 Å². The van der Waals surface area contributed by atoms with E-state index in [2.05, 4.69) is 32.5 Å². The number of oxazole rings is 2. The van der Waals surface area contributed by atoms with Crippen LogP contribution in [0.15, 0.2) is 44.4 Å².